The van der Waals surface area contributed by atoms with Crippen molar-refractivity contribution in [3.8, 4) is 17.1 Å². The monoisotopic (exact) mass is 396 g/mol. The molecular weight excluding hydrogens is 376 g/mol. The summed E-state index contributed by atoms with van der Waals surface area (Å²) < 4.78 is 7.32. The second-order valence-corrected chi connectivity index (χ2v) is 7.06. The smallest absolute Gasteiger partial charge is 0.170 e. The minimum absolute atomic E-state index is 0.562. The zero-order chi connectivity index (χ0) is 20.5. The number of aryl methyl sites for hydroxylation is 2. The predicted octanol–water partition coefficient (Wildman–Crippen LogP) is 4.70. The van der Waals surface area contributed by atoms with Gasteiger partial charge < -0.3 is 9.84 Å². The van der Waals surface area contributed by atoms with Gasteiger partial charge >= 0.3 is 0 Å². The Balaban J connectivity index is 1.67. The lowest BCUT2D eigenvalue weighted by atomic mass is 10.2. The van der Waals surface area contributed by atoms with Crippen LogP contribution in [-0.2, 0) is 6.54 Å². The van der Waals surface area contributed by atoms with E-state index < -0.39 is 0 Å². The van der Waals surface area contributed by atoms with Gasteiger partial charge in [0.2, 0.25) is 0 Å². The number of hydrogen-bond donors (Lipinski definition) is 1. The molecule has 0 aliphatic carbocycles. The van der Waals surface area contributed by atoms with Gasteiger partial charge in [-0.1, -0.05) is 53.7 Å². The summed E-state index contributed by atoms with van der Waals surface area (Å²) in [5, 5.41) is 7.50. The van der Waals surface area contributed by atoms with Gasteiger partial charge in [0.05, 0.1) is 11.3 Å². The van der Waals surface area contributed by atoms with E-state index >= 15 is 0 Å². The fraction of sp³-hybridized carbons (Fsp3) is 0.130. The van der Waals surface area contributed by atoms with Crippen molar-refractivity contribution in [1.29, 1.82) is 0 Å². The Bertz CT molecular complexity index is 1290. The summed E-state index contributed by atoms with van der Waals surface area (Å²) >= 11 is 0. The van der Waals surface area contributed by atoms with Crippen molar-refractivity contribution in [2.24, 2.45) is 0 Å². The molecule has 2 aromatic carbocycles. The highest BCUT2D eigenvalue weighted by Gasteiger charge is 2.20. The molecule has 7 heteroatoms. The zero-order valence-electron chi connectivity index (χ0n) is 16.7. The Labute approximate surface area is 173 Å². The van der Waals surface area contributed by atoms with Crippen molar-refractivity contribution in [2.75, 3.05) is 5.32 Å². The van der Waals surface area contributed by atoms with Crippen LogP contribution >= 0.6 is 0 Å². The highest BCUT2D eigenvalue weighted by atomic mass is 16.5. The van der Waals surface area contributed by atoms with Crippen molar-refractivity contribution < 1.29 is 4.52 Å². The lowest BCUT2D eigenvalue weighted by Gasteiger charge is -2.10. The third-order valence-electron chi connectivity index (χ3n) is 4.99. The molecule has 0 aliphatic rings. The third kappa shape index (κ3) is 3.20. The summed E-state index contributed by atoms with van der Waals surface area (Å²) in [6.07, 6.45) is 1.78. The summed E-state index contributed by atoms with van der Waals surface area (Å²) in [7, 11) is 0. The van der Waals surface area contributed by atoms with E-state index in [0.717, 1.165) is 28.2 Å². The van der Waals surface area contributed by atoms with Gasteiger partial charge in [0, 0.05) is 12.2 Å². The van der Waals surface area contributed by atoms with Crippen LogP contribution in [0.15, 0.2) is 71.5 Å². The maximum absolute atomic E-state index is 5.35. The first-order chi connectivity index (χ1) is 14.7. The number of aromatic nitrogens is 5. The van der Waals surface area contributed by atoms with Gasteiger partial charge in [0.25, 0.3) is 0 Å². The number of para-hydroxylation sites is 1. The van der Waals surface area contributed by atoms with Crippen molar-refractivity contribution in [3.05, 3.63) is 84.0 Å². The van der Waals surface area contributed by atoms with Gasteiger partial charge in [-0.2, -0.15) is 0 Å². The maximum atomic E-state index is 5.35. The van der Waals surface area contributed by atoms with E-state index in [1.807, 2.05) is 66.9 Å². The lowest BCUT2D eigenvalue weighted by Crippen LogP contribution is -2.05. The molecule has 3 heterocycles. The number of fused-ring (bicyclic) bond motifs is 1. The molecule has 1 N–H and O–H groups in total. The lowest BCUT2D eigenvalue weighted by molar-refractivity contribution is 0.393. The van der Waals surface area contributed by atoms with Crippen LogP contribution in [0.25, 0.3) is 28.2 Å². The highest BCUT2D eigenvalue weighted by Crippen LogP contribution is 2.29. The molecule has 0 atom stereocenters. The minimum Gasteiger partial charge on any atom is -0.364 e. The molecule has 0 saturated heterocycles. The van der Waals surface area contributed by atoms with Crippen LogP contribution in [0.5, 0.6) is 0 Å². The first-order valence-corrected chi connectivity index (χ1v) is 9.72. The molecule has 5 rings (SSSR count). The Kier molecular flexibility index (Phi) is 4.48. The number of imidazole rings is 1. The van der Waals surface area contributed by atoms with Gasteiger partial charge in [0.15, 0.2) is 22.8 Å². The molecule has 7 nitrogen and oxygen atoms in total. The summed E-state index contributed by atoms with van der Waals surface area (Å²) in [4.78, 5) is 14.2. The van der Waals surface area contributed by atoms with Crippen LogP contribution in [0.1, 0.15) is 17.0 Å². The first kappa shape index (κ1) is 18.1. The van der Waals surface area contributed by atoms with Gasteiger partial charge in [-0.15, -0.1) is 0 Å². The number of anilines is 1. The fourth-order valence-corrected chi connectivity index (χ4v) is 3.50. The largest absolute Gasteiger partial charge is 0.364 e. The molecule has 3 aromatic heterocycles. The van der Waals surface area contributed by atoms with E-state index in [4.69, 9.17) is 14.5 Å². The summed E-state index contributed by atoms with van der Waals surface area (Å²) in [5.74, 6) is 1.92. The molecule has 5 aromatic rings. The normalized spacial score (nSPS) is 11.1. The number of rotatable bonds is 5. The molecule has 148 valence electrons. The predicted molar refractivity (Wildman–Crippen MR) is 115 cm³/mol. The Hall–Kier alpha value is -4.00. The van der Waals surface area contributed by atoms with E-state index in [2.05, 4.69) is 27.6 Å². The van der Waals surface area contributed by atoms with E-state index in [1.54, 1.807) is 6.33 Å². The fourth-order valence-electron chi connectivity index (χ4n) is 3.50. The van der Waals surface area contributed by atoms with Crippen LogP contribution in [0.2, 0.25) is 0 Å². The highest BCUT2D eigenvalue weighted by molar-refractivity contribution is 5.86. The summed E-state index contributed by atoms with van der Waals surface area (Å²) in [6, 6.07) is 20.2. The maximum Gasteiger partial charge on any atom is 0.170 e. The van der Waals surface area contributed by atoms with Crippen molar-refractivity contribution >= 4 is 17.0 Å². The second kappa shape index (κ2) is 7.44. The Morgan fingerprint density at radius 2 is 1.67 bits per heavy atom. The van der Waals surface area contributed by atoms with Gasteiger partial charge in [-0.3, -0.25) is 4.57 Å². The van der Waals surface area contributed by atoms with E-state index in [-0.39, 0.29) is 0 Å². The van der Waals surface area contributed by atoms with Crippen LogP contribution < -0.4 is 5.32 Å². The topological polar surface area (TPSA) is 81.7 Å². The Morgan fingerprint density at radius 1 is 0.933 bits per heavy atom. The molecule has 30 heavy (non-hydrogen) atoms. The van der Waals surface area contributed by atoms with E-state index in [0.29, 0.717) is 29.5 Å². The number of benzene rings is 2. The molecule has 0 radical (unpaired) electrons. The molecule has 0 fully saturated rings. The quantitative estimate of drug-likeness (QED) is 0.464. The van der Waals surface area contributed by atoms with Gasteiger partial charge in [-0.25, -0.2) is 15.0 Å². The number of nitrogens with zero attached hydrogens (tertiary/aromatic N) is 5. The molecular formula is C23H20N6O. The molecule has 0 unspecified atom stereocenters. The molecule has 0 aliphatic heterocycles. The van der Waals surface area contributed by atoms with Crippen LogP contribution in [-0.4, -0.2) is 24.7 Å². The number of hydrogen-bond acceptors (Lipinski definition) is 6. The average molecular weight is 396 g/mol. The van der Waals surface area contributed by atoms with Crippen LogP contribution in [0, 0.1) is 13.8 Å². The zero-order valence-corrected chi connectivity index (χ0v) is 16.7. The minimum atomic E-state index is 0.562. The standard InChI is InChI=1S/C23H20N6O/c1-15-19(16(2)30-28-15)21-26-22(24-13-17-9-5-3-6-10-17)20-23(27-21)29(14-25-20)18-11-7-4-8-12-18/h3-12,14H,13H2,1-2H3,(H,24,26,27). The number of nitrogens with one attached hydrogen (secondary N) is 1. The molecule has 0 spiro atoms. The van der Waals surface area contributed by atoms with Crippen LogP contribution in [0.3, 0.4) is 0 Å². The summed E-state index contributed by atoms with van der Waals surface area (Å²) in [6.45, 7) is 4.39. The summed E-state index contributed by atoms with van der Waals surface area (Å²) in [5.41, 5.74) is 5.14. The third-order valence-corrected chi connectivity index (χ3v) is 4.99. The van der Waals surface area contributed by atoms with Crippen molar-refractivity contribution in [1.82, 2.24) is 24.7 Å². The first-order valence-electron chi connectivity index (χ1n) is 9.72. The SMILES string of the molecule is Cc1noc(C)c1-c1nc(NCc2ccccc2)c2ncn(-c3ccccc3)c2n1. The molecule has 0 amide bonds. The van der Waals surface area contributed by atoms with Crippen molar-refractivity contribution in [3.63, 3.8) is 0 Å². The van der Waals surface area contributed by atoms with Crippen molar-refractivity contribution in [2.45, 2.75) is 20.4 Å². The average Bonchev–Trinajstić information content (AvgIpc) is 3.36. The van der Waals surface area contributed by atoms with Gasteiger partial charge in [-0.05, 0) is 31.5 Å². The van der Waals surface area contributed by atoms with E-state index in [9.17, 15) is 0 Å². The Morgan fingerprint density at radius 3 is 2.37 bits per heavy atom. The van der Waals surface area contributed by atoms with Crippen LogP contribution in [0.4, 0.5) is 5.82 Å². The molecule has 0 saturated carbocycles. The van der Waals surface area contributed by atoms with Gasteiger partial charge in [0.1, 0.15) is 12.1 Å². The molecule has 0 bridgehead atoms. The van der Waals surface area contributed by atoms with E-state index in [1.165, 1.54) is 0 Å². The second-order valence-electron chi connectivity index (χ2n) is 7.06.